The number of rotatable bonds is 5. The molecule has 0 spiro atoms. The molecule has 10 heteroatoms. The van der Waals surface area contributed by atoms with Gasteiger partial charge in [0.15, 0.2) is 18.1 Å². The second-order valence-electron chi connectivity index (χ2n) is 7.84. The number of thiophene rings is 1. The molecule has 1 N–H and O–H groups in total. The highest BCUT2D eigenvalue weighted by atomic mass is 35.5. The standard InChI is InChI=1S/C23H22ClN5O3S/c1-13-10-14(2)29(28-13)19-9-8-17(24)21(26-19)23(31)32-12-20(30)27-22-16(11-25)15-6-4-3-5-7-18(15)33-22/h8-10H,3-7,12H2,1-2H3,(H,27,30). The lowest BCUT2D eigenvalue weighted by Crippen LogP contribution is -2.21. The van der Waals surface area contributed by atoms with Crippen LogP contribution in [0.15, 0.2) is 18.2 Å². The number of anilines is 1. The average molecular weight is 484 g/mol. The van der Waals surface area contributed by atoms with Gasteiger partial charge in [-0.05, 0) is 63.3 Å². The van der Waals surface area contributed by atoms with Crippen molar-refractivity contribution in [2.75, 3.05) is 11.9 Å². The molecule has 0 aromatic carbocycles. The fourth-order valence-corrected chi connectivity index (χ4v) is 5.30. The summed E-state index contributed by atoms with van der Waals surface area (Å²) >= 11 is 7.58. The molecule has 1 aliphatic rings. The Morgan fingerprint density at radius 1 is 1.27 bits per heavy atom. The van der Waals surface area contributed by atoms with E-state index in [1.54, 1.807) is 10.7 Å². The fourth-order valence-electron chi connectivity index (χ4n) is 3.86. The minimum atomic E-state index is -0.819. The van der Waals surface area contributed by atoms with Gasteiger partial charge in [0.1, 0.15) is 11.1 Å². The molecule has 170 valence electrons. The minimum absolute atomic E-state index is 0.102. The molecule has 1 amide bonds. The molecule has 0 saturated heterocycles. The number of aromatic nitrogens is 3. The number of halogens is 1. The Morgan fingerprint density at radius 2 is 2.06 bits per heavy atom. The van der Waals surface area contributed by atoms with E-state index in [1.165, 1.54) is 17.4 Å². The molecule has 3 heterocycles. The van der Waals surface area contributed by atoms with Gasteiger partial charge in [0.25, 0.3) is 5.91 Å². The fraction of sp³-hybridized carbons (Fsp3) is 0.348. The molecule has 3 aromatic rings. The number of carbonyl (C=O) groups is 2. The van der Waals surface area contributed by atoms with Crippen molar-refractivity contribution in [2.45, 2.75) is 46.0 Å². The number of nitrogens with zero attached hydrogens (tertiary/aromatic N) is 4. The van der Waals surface area contributed by atoms with Gasteiger partial charge in [0.05, 0.1) is 16.3 Å². The normalized spacial score (nSPS) is 13.0. The molecule has 3 aromatic heterocycles. The summed E-state index contributed by atoms with van der Waals surface area (Å²) in [5.74, 6) is -0.928. The van der Waals surface area contributed by atoms with Gasteiger partial charge in [-0.2, -0.15) is 10.4 Å². The summed E-state index contributed by atoms with van der Waals surface area (Å²) in [6.07, 6.45) is 5.01. The van der Waals surface area contributed by atoms with Crippen LogP contribution in [0.5, 0.6) is 0 Å². The summed E-state index contributed by atoms with van der Waals surface area (Å²) in [7, 11) is 0. The quantitative estimate of drug-likeness (QED) is 0.421. The molecule has 8 nitrogen and oxygen atoms in total. The van der Waals surface area contributed by atoms with Crippen molar-refractivity contribution in [3.63, 3.8) is 0 Å². The smallest absolute Gasteiger partial charge is 0.359 e. The number of pyridine rings is 1. The highest BCUT2D eigenvalue weighted by molar-refractivity contribution is 7.16. The van der Waals surface area contributed by atoms with Gasteiger partial charge in [0.2, 0.25) is 0 Å². The van der Waals surface area contributed by atoms with E-state index < -0.39 is 18.5 Å². The summed E-state index contributed by atoms with van der Waals surface area (Å²) in [4.78, 5) is 30.5. The summed E-state index contributed by atoms with van der Waals surface area (Å²) in [5, 5.41) is 17.3. The van der Waals surface area contributed by atoms with E-state index in [4.69, 9.17) is 16.3 Å². The zero-order valence-electron chi connectivity index (χ0n) is 18.3. The van der Waals surface area contributed by atoms with E-state index in [1.807, 2.05) is 19.9 Å². The first-order valence-corrected chi connectivity index (χ1v) is 11.8. The number of fused-ring (bicyclic) bond motifs is 1. The highest BCUT2D eigenvalue weighted by Gasteiger charge is 2.22. The molecule has 0 atom stereocenters. The molecule has 4 rings (SSSR count). The van der Waals surface area contributed by atoms with Gasteiger partial charge in [-0.25, -0.2) is 14.5 Å². The van der Waals surface area contributed by atoms with Gasteiger partial charge < -0.3 is 10.1 Å². The number of nitrogens with one attached hydrogen (secondary N) is 1. The van der Waals surface area contributed by atoms with Crippen LogP contribution in [-0.4, -0.2) is 33.2 Å². The Hall–Kier alpha value is -3.22. The number of ether oxygens (including phenoxy) is 1. The maximum atomic E-state index is 12.6. The van der Waals surface area contributed by atoms with Crippen molar-refractivity contribution in [3.8, 4) is 11.9 Å². The molecule has 0 bridgehead atoms. The molecular weight excluding hydrogens is 462 g/mol. The third kappa shape index (κ3) is 4.92. The Bertz CT molecular complexity index is 1270. The maximum absolute atomic E-state index is 12.6. The van der Waals surface area contributed by atoms with E-state index in [9.17, 15) is 14.9 Å². The Labute approximate surface area is 200 Å². The first-order valence-electron chi connectivity index (χ1n) is 10.6. The summed E-state index contributed by atoms with van der Waals surface area (Å²) in [6, 6.07) is 7.29. The lowest BCUT2D eigenvalue weighted by atomic mass is 10.1. The SMILES string of the molecule is Cc1cc(C)n(-c2ccc(Cl)c(C(=O)OCC(=O)Nc3sc4c(c3C#N)CCCCC4)n2)n1. The van der Waals surface area contributed by atoms with Crippen LogP contribution < -0.4 is 5.32 Å². The lowest BCUT2D eigenvalue weighted by Gasteiger charge is -2.09. The molecule has 0 fully saturated rings. The summed E-state index contributed by atoms with van der Waals surface area (Å²) in [6.45, 7) is 3.21. The first kappa shape index (κ1) is 23.0. The predicted octanol–water partition coefficient (Wildman–Crippen LogP) is 4.54. The zero-order chi connectivity index (χ0) is 23.5. The maximum Gasteiger partial charge on any atom is 0.359 e. The highest BCUT2D eigenvalue weighted by Crippen LogP contribution is 2.36. The van der Waals surface area contributed by atoms with E-state index >= 15 is 0 Å². The second-order valence-corrected chi connectivity index (χ2v) is 9.36. The van der Waals surface area contributed by atoms with Crippen molar-refractivity contribution in [3.05, 3.63) is 56.3 Å². The minimum Gasteiger partial charge on any atom is -0.451 e. The molecule has 0 unspecified atom stereocenters. The first-order chi connectivity index (χ1) is 15.9. The monoisotopic (exact) mass is 483 g/mol. The average Bonchev–Trinajstić information content (AvgIpc) is 3.20. The number of aryl methyl sites for hydroxylation is 3. The number of hydrogen-bond donors (Lipinski definition) is 1. The largest absolute Gasteiger partial charge is 0.451 e. The second kappa shape index (κ2) is 9.73. The molecule has 0 radical (unpaired) electrons. The van der Waals surface area contributed by atoms with Crippen molar-refractivity contribution < 1.29 is 14.3 Å². The number of carbonyl (C=O) groups excluding carboxylic acids is 2. The van der Waals surface area contributed by atoms with Crippen LogP contribution in [-0.2, 0) is 22.4 Å². The number of amides is 1. The Morgan fingerprint density at radius 3 is 2.79 bits per heavy atom. The summed E-state index contributed by atoms with van der Waals surface area (Å²) < 4.78 is 6.76. The number of esters is 1. The Balaban J connectivity index is 1.44. The van der Waals surface area contributed by atoms with Gasteiger partial charge in [-0.15, -0.1) is 11.3 Å². The van der Waals surface area contributed by atoms with Gasteiger partial charge in [-0.1, -0.05) is 18.0 Å². The van der Waals surface area contributed by atoms with Crippen molar-refractivity contribution in [1.29, 1.82) is 5.26 Å². The van der Waals surface area contributed by atoms with Crippen LogP contribution in [0, 0.1) is 25.2 Å². The molecule has 0 aliphatic heterocycles. The predicted molar refractivity (Wildman–Crippen MR) is 125 cm³/mol. The van der Waals surface area contributed by atoms with Crippen molar-refractivity contribution in [1.82, 2.24) is 14.8 Å². The van der Waals surface area contributed by atoms with Gasteiger partial charge in [-0.3, -0.25) is 4.79 Å². The molecular formula is C23H22ClN5O3S. The van der Waals surface area contributed by atoms with E-state index in [0.717, 1.165) is 53.9 Å². The van der Waals surface area contributed by atoms with E-state index in [-0.39, 0.29) is 10.7 Å². The van der Waals surface area contributed by atoms with Crippen LogP contribution >= 0.6 is 22.9 Å². The molecule has 33 heavy (non-hydrogen) atoms. The molecule has 0 saturated carbocycles. The van der Waals surface area contributed by atoms with Crippen LogP contribution in [0.25, 0.3) is 5.82 Å². The van der Waals surface area contributed by atoms with E-state index in [2.05, 4.69) is 21.5 Å². The third-order valence-electron chi connectivity index (χ3n) is 5.37. The number of nitriles is 1. The van der Waals surface area contributed by atoms with Gasteiger partial charge in [0, 0.05) is 10.6 Å². The van der Waals surface area contributed by atoms with Crippen LogP contribution in [0.4, 0.5) is 5.00 Å². The number of hydrogen-bond acceptors (Lipinski definition) is 7. The van der Waals surface area contributed by atoms with Crippen LogP contribution in [0.1, 0.15) is 57.1 Å². The van der Waals surface area contributed by atoms with E-state index in [0.29, 0.717) is 16.4 Å². The van der Waals surface area contributed by atoms with Crippen molar-refractivity contribution in [2.24, 2.45) is 0 Å². The Kier molecular flexibility index (Phi) is 6.77. The van der Waals surface area contributed by atoms with Crippen molar-refractivity contribution >= 4 is 39.8 Å². The zero-order valence-corrected chi connectivity index (χ0v) is 19.8. The topological polar surface area (TPSA) is 110 Å². The third-order valence-corrected chi connectivity index (χ3v) is 6.88. The summed E-state index contributed by atoms with van der Waals surface area (Å²) in [5.41, 5.74) is 3.11. The molecule has 1 aliphatic carbocycles. The van der Waals surface area contributed by atoms with Gasteiger partial charge >= 0.3 is 5.97 Å². The lowest BCUT2D eigenvalue weighted by molar-refractivity contribution is -0.119. The van der Waals surface area contributed by atoms with Crippen LogP contribution in [0.2, 0.25) is 5.02 Å². The van der Waals surface area contributed by atoms with Crippen LogP contribution in [0.3, 0.4) is 0 Å².